The van der Waals surface area contributed by atoms with Crippen LogP contribution in [-0.4, -0.2) is 32.1 Å². The number of methoxy groups -OCH3 is 2. The van der Waals surface area contributed by atoms with Crippen LogP contribution in [0.5, 0.6) is 17.2 Å². The van der Waals surface area contributed by atoms with Crippen molar-refractivity contribution in [1.29, 1.82) is 0 Å². The van der Waals surface area contributed by atoms with Crippen molar-refractivity contribution < 1.29 is 28.5 Å². The Bertz CT molecular complexity index is 1260. The third kappa shape index (κ3) is 4.93. The molecule has 0 saturated carbocycles. The number of nitrogens with zero attached hydrogens (tertiary/aromatic N) is 1. The molecule has 0 amide bonds. The number of cyclic esters (lactones) is 1. The van der Waals surface area contributed by atoms with Crippen LogP contribution in [0.2, 0.25) is 0 Å². The fourth-order valence-corrected chi connectivity index (χ4v) is 3.13. The maximum Gasteiger partial charge on any atom is 0.363 e. The zero-order chi connectivity index (χ0) is 23.4. The van der Waals surface area contributed by atoms with Crippen LogP contribution in [0.15, 0.2) is 77.4 Å². The van der Waals surface area contributed by atoms with Crippen LogP contribution in [-0.2, 0) is 9.53 Å². The maximum absolute atomic E-state index is 12.4. The highest BCUT2D eigenvalue weighted by molar-refractivity contribution is 6.12. The molecule has 1 aliphatic heterocycles. The van der Waals surface area contributed by atoms with Gasteiger partial charge in [-0.2, -0.15) is 0 Å². The highest BCUT2D eigenvalue weighted by atomic mass is 16.6. The number of aliphatic imine (C=N–C) groups is 1. The molecule has 4 rings (SSSR count). The summed E-state index contributed by atoms with van der Waals surface area (Å²) < 4.78 is 21.3. The topological polar surface area (TPSA) is 83.4 Å². The fourth-order valence-electron chi connectivity index (χ4n) is 3.13. The molecule has 0 N–H and O–H groups in total. The summed E-state index contributed by atoms with van der Waals surface area (Å²) in [5, 5.41) is 0. The molecule has 0 saturated heterocycles. The van der Waals surface area contributed by atoms with Gasteiger partial charge in [-0.25, -0.2) is 14.6 Å². The Hall–Kier alpha value is -4.39. The molecule has 166 valence electrons. The Morgan fingerprint density at radius 1 is 0.909 bits per heavy atom. The summed E-state index contributed by atoms with van der Waals surface area (Å²) in [5.41, 5.74) is 2.91. The van der Waals surface area contributed by atoms with Crippen molar-refractivity contribution in [3.63, 3.8) is 0 Å². The first kappa shape index (κ1) is 21.8. The van der Waals surface area contributed by atoms with Crippen molar-refractivity contribution in [2.24, 2.45) is 4.99 Å². The van der Waals surface area contributed by atoms with Gasteiger partial charge in [-0.05, 0) is 67.1 Å². The van der Waals surface area contributed by atoms with Crippen LogP contribution in [0.4, 0.5) is 0 Å². The van der Waals surface area contributed by atoms with Crippen LogP contribution in [0.1, 0.15) is 27.0 Å². The second-order valence-electron chi connectivity index (χ2n) is 7.23. The Morgan fingerprint density at radius 2 is 1.64 bits per heavy atom. The maximum atomic E-state index is 12.4. The summed E-state index contributed by atoms with van der Waals surface area (Å²) in [4.78, 5) is 29.0. The lowest BCUT2D eigenvalue weighted by Crippen LogP contribution is -2.09. The molecule has 0 aliphatic carbocycles. The molecule has 3 aromatic carbocycles. The lowest BCUT2D eigenvalue weighted by atomic mass is 10.1. The number of aryl methyl sites for hydroxylation is 1. The molecule has 0 fully saturated rings. The van der Waals surface area contributed by atoms with Crippen LogP contribution in [0, 0.1) is 6.92 Å². The molecular formula is C26H21NO6. The SMILES string of the molecule is COc1ccc(C2=N/C(=C\c3ccc(OC(=O)c4ccc(C)cc4)c(OC)c3)C(=O)O2)cc1. The molecule has 0 bridgehead atoms. The number of esters is 2. The van der Waals surface area contributed by atoms with Gasteiger partial charge in [0.25, 0.3) is 0 Å². The van der Waals surface area contributed by atoms with Gasteiger partial charge in [0.15, 0.2) is 17.2 Å². The second-order valence-corrected chi connectivity index (χ2v) is 7.23. The number of hydrogen-bond acceptors (Lipinski definition) is 7. The fraction of sp³-hybridized carbons (Fsp3) is 0.115. The van der Waals surface area contributed by atoms with Crippen LogP contribution >= 0.6 is 0 Å². The molecule has 7 nitrogen and oxygen atoms in total. The lowest BCUT2D eigenvalue weighted by molar-refractivity contribution is -0.129. The number of ether oxygens (including phenoxy) is 4. The average molecular weight is 443 g/mol. The predicted octanol–water partition coefficient (Wildman–Crippen LogP) is 4.58. The molecule has 0 spiro atoms. The molecule has 1 heterocycles. The summed E-state index contributed by atoms with van der Waals surface area (Å²) in [6.45, 7) is 1.94. The molecule has 0 unspecified atom stereocenters. The summed E-state index contributed by atoms with van der Waals surface area (Å²) in [6.07, 6.45) is 1.58. The van der Waals surface area contributed by atoms with E-state index in [9.17, 15) is 9.59 Å². The minimum absolute atomic E-state index is 0.146. The molecule has 7 heteroatoms. The average Bonchev–Trinajstić information content (AvgIpc) is 3.20. The lowest BCUT2D eigenvalue weighted by Gasteiger charge is -2.10. The van der Waals surface area contributed by atoms with Crippen molar-refractivity contribution >= 4 is 23.9 Å². The summed E-state index contributed by atoms with van der Waals surface area (Å²) >= 11 is 0. The number of hydrogen-bond donors (Lipinski definition) is 0. The molecule has 33 heavy (non-hydrogen) atoms. The van der Waals surface area contributed by atoms with Crippen molar-refractivity contribution in [3.8, 4) is 17.2 Å². The van der Waals surface area contributed by atoms with E-state index in [1.165, 1.54) is 7.11 Å². The Labute approximate surface area is 190 Å². The van der Waals surface area contributed by atoms with Crippen molar-refractivity contribution in [2.45, 2.75) is 6.92 Å². The van der Waals surface area contributed by atoms with Crippen LogP contribution < -0.4 is 14.2 Å². The monoisotopic (exact) mass is 443 g/mol. The molecule has 1 aliphatic rings. The van der Waals surface area contributed by atoms with Gasteiger partial charge in [0.2, 0.25) is 5.90 Å². The standard InChI is InChI=1S/C26H21NO6/c1-16-4-7-19(8-5-16)25(28)32-22-13-6-17(15-23(22)31-3)14-21-26(29)33-24(27-21)18-9-11-20(30-2)12-10-18/h4-15H,1-3H3/b21-14-. The molecule has 0 atom stereocenters. The number of rotatable bonds is 6. The zero-order valence-electron chi connectivity index (χ0n) is 18.3. The molecule has 0 aromatic heterocycles. The van der Waals surface area contributed by atoms with Crippen molar-refractivity contribution in [3.05, 3.63) is 94.7 Å². The van der Waals surface area contributed by atoms with E-state index in [0.29, 0.717) is 28.2 Å². The van der Waals surface area contributed by atoms with Crippen molar-refractivity contribution in [2.75, 3.05) is 14.2 Å². The van der Waals surface area contributed by atoms with Gasteiger partial charge in [0, 0.05) is 5.56 Å². The third-order valence-electron chi connectivity index (χ3n) is 4.94. The Kier molecular flexibility index (Phi) is 6.22. The van der Waals surface area contributed by atoms with E-state index in [-0.39, 0.29) is 17.3 Å². The van der Waals surface area contributed by atoms with Gasteiger partial charge in [-0.15, -0.1) is 0 Å². The molecule has 0 radical (unpaired) electrons. The number of carbonyl (C=O) groups excluding carboxylic acids is 2. The van der Waals surface area contributed by atoms with E-state index in [0.717, 1.165) is 5.56 Å². The largest absolute Gasteiger partial charge is 0.497 e. The van der Waals surface area contributed by atoms with Gasteiger partial charge in [-0.3, -0.25) is 0 Å². The highest BCUT2D eigenvalue weighted by Gasteiger charge is 2.24. The van der Waals surface area contributed by atoms with E-state index in [2.05, 4.69) is 4.99 Å². The third-order valence-corrected chi connectivity index (χ3v) is 4.94. The molecular weight excluding hydrogens is 422 g/mol. The van der Waals surface area contributed by atoms with Gasteiger partial charge < -0.3 is 18.9 Å². The summed E-state index contributed by atoms with van der Waals surface area (Å²) in [6, 6.07) is 19.1. The van der Waals surface area contributed by atoms with Crippen LogP contribution in [0.3, 0.4) is 0 Å². The zero-order valence-corrected chi connectivity index (χ0v) is 18.3. The summed E-state index contributed by atoms with van der Waals surface area (Å²) in [7, 11) is 3.05. The minimum atomic E-state index is -0.560. The Morgan fingerprint density at radius 3 is 2.30 bits per heavy atom. The first-order valence-corrected chi connectivity index (χ1v) is 10.1. The number of benzene rings is 3. The predicted molar refractivity (Wildman–Crippen MR) is 123 cm³/mol. The normalized spacial score (nSPS) is 14.0. The first-order chi connectivity index (χ1) is 16.0. The van der Waals surface area contributed by atoms with Gasteiger partial charge in [0.05, 0.1) is 19.8 Å². The second kappa shape index (κ2) is 9.40. The van der Waals surface area contributed by atoms with E-state index >= 15 is 0 Å². The van der Waals surface area contributed by atoms with Gasteiger partial charge in [-0.1, -0.05) is 23.8 Å². The molecule has 3 aromatic rings. The first-order valence-electron chi connectivity index (χ1n) is 10.1. The smallest absolute Gasteiger partial charge is 0.363 e. The summed E-state index contributed by atoms with van der Waals surface area (Å²) in [5.74, 6) is 0.457. The van der Waals surface area contributed by atoms with Gasteiger partial charge >= 0.3 is 11.9 Å². The minimum Gasteiger partial charge on any atom is -0.497 e. The highest BCUT2D eigenvalue weighted by Crippen LogP contribution is 2.30. The van der Waals surface area contributed by atoms with Crippen LogP contribution in [0.25, 0.3) is 6.08 Å². The Balaban J connectivity index is 1.55. The van der Waals surface area contributed by atoms with E-state index in [4.69, 9.17) is 18.9 Å². The van der Waals surface area contributed by atoms with E-state index < -0.39 is 11.9 Å². The van der Waals surface area contributed by atoms with E-state index in [1.54, 1.807) is 67.8 Å². The van der Waals surface area contributed by atoms with E-state index in [1.807, 2.05) is 19.1 Å². The van der Waals surface area contributed by atoms with Crippen molar-refractivity contribution in [1.82, 2.24) is 0 Å². The number of carbonyl (C=O) groups is 2. The quantitative estimate of drug-likeness (QED) is 0.315. The van der Waals surface area contributed by atoms with Gasteiger partial charge in [0.1, 0.15) is 5.75 Å².